The van der Waals surface area contributed by atoms with E-state index in [1.807, 2.05) is 23.7 Å². The predicted octanol–water partition coefficient (Wildman–Crippen LogP) is 2.59. The van der Waals surface area contributed by atoms with Gasteiger partial charge in [-0.05, 0) is 19.1 Å². The van der Waals surface area contributed by atoms with Gasteiger partial charge in [0.1, 0.15) is 10.8 Å². The summed E-state index contributed by atoms with van der Waals surface area (Å²) in [6, 6.07) is 4.13. The molecular formula is C10H12N2OS. The van der Waals surface area contributed by atoms with Crippen LogP contribution in [0.1, 0.15) is 23.7 Å². The number of hydrogen-bond donors (Lipinski definition) is 1. The molecule has 0 aliphatic heterocycles. The van der Waals surface area contributed by atoms with E-state index < -0.39 is 0 Å². The summed E-state index contributed by atoms with van der Waals surface area (Å²) in [6.07, 6.45) is 3.51. The van der Waals surface area contributed by atoms with Crippen LogP contribution in [0.3, 0.4) is 0 Å². The van der Waals surface area contributed by atoms with Crippen LogP contribution in [0.15, 0.2) is 34.4 Å². The minimum absolute atomic E-state index is 0.278. The Kier molecular flexibility index (Phi) is 2.96. The van der Waals surface area contributed by atoms with E-state index in [1.165, 1.54) is 0 Å². The lowest BCUT2D eigenvalue weighted by Crippen LogP contribution is -2.17. The van der Waals surface area contributed by atoms with Crippen LogP contribution >= 0.6 is 11.3 Å². The summed E-state index contributed by atoms with van der Waals surface area (Å²) in [7, 11) is 0. The first-order valence-electron chi connectivity index (χ1n) is 4.51. The highest BCUT2D eigenvalue weighted by atomic mass is 32.1. The number of aromatic nitrogens is 1. The third-order valence-corrected chi connectivity index (χ3v) is 2.94. The number of nitrogens with zero attached hydrogens (tertiary/aromatic N) is 1. The van der Waals surface area contributed by atoms with Crippen LogP contribution in [0.25, 0.3) is 0 Å². The van der Waals surface area contributed by atoms with Crippen molar-refractivity contribution in [3.63, 3.8) is 0 Å². The lowest BCUT2D eigenvalue weighted by molar-refractivity contribution is 0.460. The first-order valence-corrected chi connectivity index (χ1v) is 5.39. The summed E-state index contributed by atoms with van der Waals surface area (Å²) in [6.45, 7) is 2.84. The van der Waals surface area contributed by atoms with E-state index in [9.17, 15) is 0 Å². The normalized spacial score (nSPS) is 12.9. The van der Waals surface area contributed by atoms with E-state index in [0.717, 1.165) is 17.3 Å². The number of rotatable bonds is 4. The molecule has 0 bridgehead atoms. The molecule has 0 aliphatic carbocycles. The molecule has 0 radical (unpaired) electrons. The second-order valence-electron chi connectivity index (χ2n) is 3.05. The van der Waals surface area contributed by atoms with Crippen LogP contribution in [0.2, 0.25) is 0 Å². The lowest BCUT2D eigenvalue weighted by atomic mass is 10.3. The number of hydrogen-bond acceptors (Lipinski definition) is 4. The standard InChI is InChI=1S/C10H12N2OS/c1-8(10-11-4-6-14-10)12-7-9-3-2-5-13-9/h2-6,8,12H,7H2,1H3/t8-/m1/s1. The summed E-state index contributed by atoms with van der Waals surface area (Å²) in [5.74, 6) is 0.952. The van der Waals surface area contributed by atoms with Gasteiger partial charge in [-0.2, -0.15) is 0 Å². The van der Waals surface area contributed by atoms with Gasteiger partial charge < -0.3 is 9.73 Å². The van der Waals surface area contributed by atoms with Gasteiger partial charge in [0.05, 0.1) is 18.8 Å². The molecule has 0 amide bonds. The van der Waals surface area contributed by atoms with E-state index in [2.05, 4.69) is 17.2 Å². The zero-order chi connectivity index (χ0) is 9.80. The maximum absolute atomic E-state index is 5.22. The highest BCUT2D eigenvalue weighted by Crippen LogP contribution is 2.15. The molecule has 3 nitrogen and oxygen atoms in total. The van der Waals surface area contributed by atoms with Crippen LogP contribution in [-0.2, 0) is 6.54 Å². The van der Waals surface area contributed by atoms with E-state index >= 15 is 0 Å². The molecule has 2 heterocycles. The largest absolute Gasteiger partial charge is 0.468 e. The van der Waals surface area contributed by atoms with Crippen LogP contribution in [-0.4, -0.2) is 4.98 Å². The number of nitrogens with one attached hydrogen (secondary N) is 1. The maximum atomic E-state index is 5.22. The van der Waals surface area contributed by atoms with Gasteiger partial charge in [-0.25, -0.2) is 4.98 Å². The van der Waals surface area contributed by atoms with Crippen molar-refractivity contribution < 1.29 is 4.42 Å². The highest BCUT2D eigenvalue weighted by molar-refractivity contribution is 7.09. The van der Waals surface area contributed by atoms with E-state index in [1.54, 1.807) is 17.6 Å². The van der Waals surface area contributed by atoms with Crippen molar-refractivity contribution in [3.05, 3.63) is 40.7 Å². The molecule has 0 fully saturated rings. The van der Waals surface area contributed by atoms with Crippen molar-refractivity contribution >= 4 is 11.3 Å². The van der Waals surface area contributed by atoms with Crippen LogP contribution in [0, 0.1) is 0 Å². The lowest BCUT2D eigenvalue weighted by Gasteiger charge is -2.08. The minimum Gasteiger partial charge on any atom is -0.468 e. The first-order chi connectivity index (χ1) is 6.86. The molecule has 0 saturated carbocycles. The molecule has 0 aromatic carbocycles. The molecule has 0 aliphatic rings. The molecule has 74 valence electrons. The fourth-order valence-electron chi connectivity index (χ4n) is 1.20. The molecule has 2 rings (SSSR count). The Morgan fingerprint density at radius 2 is 2.57 bits per heavy atom. The van der Waals surface area contributed by atoms with E-state index in [-0.39, 0.29) is 6.04 Å². The molecule has 4 heteroatoms. The van der Waals surface area contributed by atoms with Gasteiger partial charge in [-0.15, -0.1) is 11.3 Å². The van der Waals surface area contributed by atoms with Crippen molar-refractivity contribution in [2.75, 3.05) is 0 Å². The zero-order valence-corrected chi connectivity index (χ0v) is 8.75. The number of furan rings is 1. The van der Waals surface area contributed by atoms with E-state index in [4.69, 9.17) is 4.42 Å². The Labute approximate surface area is 86.8 Å². The van der Waals surface area contributed by atoms with Crippen molar-refractivity contribution in [1.82, 2.24) is 10.3 Å². The zero-order valence-electron chi connectivity index (χ0n) is 7.93. The highest BCUT2D eigenvalue weighted by Gasteiger charge is 2.07. The average molecular weight is 208 g/mol. The summed E-state index contributed by atoms with van der Waals surface area (Å²) in [4.78, 5) is 4.24. The molecule has 0 saturated heterocycles. The van der Waals surface area contributed by atoms with Gasteiger partial charge in [0.25, 0.3) is 0 Å². The molecule has 2 aromatic rings. The van der Waals surface area contributed by atoms with Crippen molar-refractivity contribution in [3.8, 4) is 0 Å². The van der Waals surface area contributed by atoms with Crippen LogP contribution < -0.4 is 5.32 Å². The van der Waals surface area contributed by atoms with Gasteiger partial charge in [-0.1, -0.05) is 0 Å². The third-order valence-electron chi connectivity index (χ3n) is 1.98. The minimum atomic E-state index is 0.278. The quantitative estimate of drug-likeness (QED) is 0.839. The topological polar surface area (TPSA) is 38.1 Å². The fraction of sp³-hybridized carbons (Fsp3) is 0.300. The summed E-state index contributed by atoms with van der Waals surface area (Å²) in [5, 5.41) is 6.44. The molecule has 2 aromatic heterocycles. The summed E-state index contributed by atoms with van der Waals surface area (Å²) < 4.78 is 5.22. The van der Waals surface area contributed by atoms with Gasteiger partial charge >= 0.3 is 0 Å². The van der Waals surface area contributed by atoms with Crippen molar-refractivity contribution in [2.24, 2.45) is 0 Å². The van der Waals surface area contributed by atoms with Crippen molar-refractivity contribution in [2.45, 2.75) is 19.5 Å². The Morgan fingerprint density at radius 1 is 1.64 bits per heavy atom. The molecule has 0 unspecified atom stereocenters. The van der Waals surface area contributed by atoms with Gasteiger partial charge in [0.2, 0.25) is 0 Å². The molecule has 14 heavy (non-hydrogen) atoms. The summed E-state index contributed by atoms with van der Waals surface area (Å²) >= 11 is 1.66. The Bertz CT molecular complexity index is 355. The summed E-state index contributed by atoms with van der Waals surface area (Å²) in [5.41, 5.74) is 0. The monoisotopic (exact) mass is 208 g/mol. The fourth-order valence-corrected chi connectivity index (χ4v) is 1.87. The maximum Gasteiger partial charge on any atom is 0.117 e. The van der Waals surface area contributed by atoms with E-state index in [0.29, 0.717) is 0 Å². The smallest absolute Gasteiger partial charge is 0.117 e. The molecular weight excluding hydrogens is 196 g/mol. The van der Waals surface area contributed by atoms with Gasteiger partial charge in [0.15, 0.2) is 0 Å². The molecule has 1 N–H and O–H groups in total. The Morgan fingerprint density at radius 3 is 3.21 bits per heavy atom. The van der Waals surface area contributed by atoms with Crippen LogP contribution in [0.5, 0.6) is 0 Å². The Hall–Kier alpha value is -1.13. The second-order valence-corrected chi connectivity index (χ2v) is 3.98. The van der Waals surface area contributed by atoms with Gasteiger partial charge in [0, 0.05) is 11.6 Å². The third kappa shape index (κ3) is 2.21. The SMILES string of the molecule is C[C@@H](NCc1ccco1)c1nccs1. The first kappa shape index (κ1) is 9.43. The van der Waals surface area contributed by atoms with Gasteiger partial charge in [-0.3, -0.25) is 0 Å². The Balaban J connectivity index is 1.87. The second kappa shape index (κ2) is 4.39. The van der Waals surface area contributed by atoms with Crippen molar-refractivity contribution in [1.29, 1.82) is 0 Å². The molecule has 1 atom stereocenters. The number of thiazole rings is 1. The average Bonchev–Trinajstić information content (AvgIpc) is 2.87. The predicted molar refractivity (Wildman–Crippen MR) is 56.1 cm³/mol. The molecule has 0 spiro atoms. The van der Waals surface area contributed by atoms with Crippen LogP contribution in [0.4, 0.5) is 0 Å².